The number of hydrogen-bond donors (Lipinski definition) is 1. The summed E-state index contributed by atoms with van der Waals surface area (Å²) in [5, 5.41) is 0. The standard InChI is InChI=1S/C13H12F5N3/c1-2-21-6-10(13(16,17)18)20-12(21)11-8(14)3-7(5-19)4-9(11)15/h3-4,6H,2,5,19H2,1H3. The first-order chi connectivity index (χ1) is 9.77. The molecule has 0 unspecified atom stereocenters. The van der Waals surface area contributed by atoms with E-state index in [0.29, 0.717) is 0 Å². The van der Waals surface area contributed by atoms with Gasteiger partial charge in [-0.25, -0.2) is 13.8 Å². The average molecular weight is 305 g/mol. The molecule has 114 valence electrons. The van der Waals surface area contributed by atoms with E-state index in [9.17, 15) is 22.0 Å². The average Bonchev–Trinajstić information content (AvgIpc) is 2.81. The highest BCUT2D eigenvalue weighted by Gasteiger charge is 2.35. The number of imidazole rings is 1. The number of nitrogens with zero attached hydrogens (tertiary/aromatic N) is 2. The van der Waals surface area contributed by atoms with Crippen LogP contribution in [0.4, 0.5) is 22.0 Å². The zero-order valence-electron chi connectivity index (χ0n) is 11.0. The summed E-state index contributed by atoms with van der Waals surface area (Å²) in [5.74, 6) is -2.39. The van der Waals surface area contributed by atoms with E-state index in [4.69, 9.17) is 5.73 Å². The zero-order valence-corrected chi connectivity index (χ0v) is 11.0. The van der Waals surface area contributed by atoms with Gasteiger partial charge in [0.15, 0.2) is 5.69 Å². The van der Waals surface area contributed by atoms with Crippen LogP contribution in [-0.4, -0.2) is 9.55 Å². The van der Waals surface area contributed by atoms with E-state index in [1.165, 1.54) is 0 Å². The Balaban J connectivity index is 2.64. The summed E-state index contributed by atoms with van der Waals surface area (Å²) in [6.45, 7) is 1.56. The number of nitrogens with two attached hydrogens (primary N) is 1. The molecule has 1 aromatic carbocycles. The second kappa shape index (κ2) is 5.44. The fraction of sp³-hybridized carbons (Fsp3) is 0.308. The minimum Gasteiger partial charge on any atom is -0.330 e. The Labute approximate surface area is 117 Å². The largest absolute Gasteiger partial charge is 0.434 e. The monoisotopic (exact) mass is 305 g/mol. The van der Waals surface area contributed by atoms with Crippen LogP contribution in [0, 0.1) is 11.6 Å². The van der Waals surface area contributed by atoms with E-state index in [-0.39, 0.29) is 18.7 Å². The lowest BCUT2D eigenvalue weighted by atomic mass is 10.1. The van der Waals surface area contributed by atoms with Gasteiger partial charge in [0.1, 0.15) is 17.5 Å². The molecule has 2 N–H and O–H groups in total. The summed E-state index contributed by atoms with van der Waals surface area (Å²) in [4.78, 5) is 3.33. The Hall–Kier alpha value is -1.96. The SMILES string of the molecule is CCn1cc(C(F)(F)F)nc1-c1c(F)cc(CN)cc1F. The van der Waals surface area contributed by atoms with Crippen molar-refractivity contribution in [1.82, 2.24) is 9.55 Å². The topological polar surface area (TPSA) is 43.8 Å². The third kappa shape index (κ3) is 2.90. The molecule has 0 saturated carbocycles. The second-order valence-electron chi connectivity index (χ2n) is 4.37. The molecule has 3 nitrogen and oxygen atoms in total. The van der Waals surface area contributed by atoms with Crippen LogP contribution in [0.15, 0.2) is 18.3 Å². The Morgan fingerprint density at radius 2 is 1.76 bits per heavy atom. The van der Waals surface area contributed by atoms with Crippen molar-refractivity contribution in [2.45, 2.75) is 26.2 Å². The first-order valence-electron chi connectivity index (χ1n) is 6.10. The van der Waals surface area contributed by atoms with Gasteiger partial charge in [-0.3, -0.25) is 0 Å². The van der Waals surface area contributed by atoms with Crippen molar-refractivity contribution in [2.75, 3.05) is 0 Å². The molecule has 0 aliphatic heterocycles. The first kappa shape index (κ1) is 15.4. The van der Waals surface area contributed by atoms with Gasteiger partial charge in [-0.2, -0.15) is 13.2 Å². The van der Waals surface area contributed by atoms with Crippen LogP contribution in [0.25, 0.3) is 11.4 Å². The summed E-state index contributed by atoms with van der Waals surface area (Å²) < 4.78 is 67.0. The van der Waals surface area contributed by atoms with Crippen LogP contribution in [0.3, 0.4) is 0 Å². The molecule has 0 fully saturated rings. The molecule has 2 aromatic rings. The Morgan fingerprint density at radius 3 is 2.19 bits per heavy atom. The van der Waals surface area contributed by atoms with Crippen molar-refractivity contribution in [3.8, 4) is 11.4 Å². The highest BCUT2D eigenvalue weighted by Crippen LogP contribution is 2.33. The van der Waals surface area contributed by atoms with Crippen molar-refractivity contribution >= 4 is 0 Å². The molecule has 1 heterocycles. The summed E-state index contributed by atoms with van der Waals surface area (Å²) in [6.07, 6.45) is -3.95. The molecule has 0 saturated heterocycles. The summed E-state index contributed by atoms with van der Waals surface area (Å²) >= 11 is 0. The van der Waals surface area contributed by atoms with Gasteiger partial charge in [0, 0.05) is 19.3 Å². The first-order valence-corrected chi connectivity index (χ1v) is 6.10. The van der Waals surface area contributed by atoms with Crippen LogP contribution in [0.2, 0.25) is 0 Å². The molecule has 8 heteroatoms. The Bertz CT molecular complexity index is 637. The van der Waals surface area contributed by atoms with Crippen LogP contribution >= 0.6 is 0 Å². The van der Waals surface area contributed by atoms with Gasteiger partial charge in [-0.05, 0) is 24.6 Å². The van der Waals surface area contributed by atoms with Gasteiger partial charge in [0.2, 0.25) is 0 Å². The van der Waals surface area contributed by atoms with Gasteiger partial charge in [0.05, 0.1) is 5.56 Å². The summed E-state index contributed by atoms with van der Waals surface area (Å²) in [5.41, 5.74) is 3.71. The highest BCUT2D eigenvalue weighted by molar-refractivity contribution is 5.59. The molecular weight excluding hydrogens is 293 g/mol. The van der Waals surface area contributed by atoms with E-state index < -0.39 is 34.9 Å². The zero-order chi connectivity index (χ0) is 15.8. The number of aryl methyl sites for hydroxylation is 1. The molecule has 0 amide bonds. The van der Waals surface area contributed by atoms with E-state index in [1.54, 1.807) is 6.92 Å². The molecule has 0 spiro atoms. The van der Waals surface area contributed by atoms with Crippen molar-refractivity contribution in [3.05, 3.63) is 41.2 Å². The summed E-state index contributed by atoms with van der Waals surface area (Å²) in [7, 11) is 0. The van der Waals surface area contributed by atoms with E-state index in [1.807, 2.05) is 0 Å². The fourth-order valence-corrected chi connectivity index (χ4v) is 1.95. The van der Waals surface area contributed by atoms with Crippen LogP contribution in [0.5, 0.6) is 0 Å². The van der Waals surface area contributed by atoms with Gasteiger partial charge >= 0.3 is 6.18 Å². The number of benzene rings is 1. The Kier molecular flexibility index (Phi) is 3.99. The lowest BCUT2D eigenvalue weighted by Crippen LogP contribution is -2.05. The Morgan fingerprint density at radius 1 is 1.19 bits per heavy atom. The lowest BCUT2D eigenvalue weighted by Gasteiger charge is -2.08. The molecule has 0 aliphatic carbocycles. The number of alkyl halides is 3. The molecule has 21 heavy (non-hydrogen) atoms. The molecule has 0 bridgehead atoms. The second-order valence-corrected chi connectivity index (χ2v) is 4.37. The van der Waals surface area contributed by atoms with E-state index in [2.05, 4.69) is 4.98 Å². The van der Waals surface area contributed by atoms with Crippen molar-refractivity contribution < 1.29 is 22.0 Å². The molecule has 0 radical (unpaired) electrons. The lowest BCUT2D eigenvalue weighted by molar-refractivity contribution is -0.140. The van der Waals surface area contributed by atoms with Gasteiger partial charge < -0.3 is 10.3 Å². The van der Waals surface area contributed by atoms with Gasteiger partial charge in [0.25, 0.3) is 0 Å². The molecule has 2 rings (SSSR count). The number of hydrogen-bond acceptors (Lipinski definition) is 2. The van der Waals surface area contributed by atoms with Gasteiger partial charge in [-0.1, -0.05) is 0 Å². The minimum absolute atomic E-state index is 0.0792. The number of rotatable bonds is 3. The van der Waals surface area contributed by atoms with Crippen LogP contribution < -0.4 is 5.73 Å². The normalized spacial score (nSPS) is 12.0. The van der Waals surface area contributed by atoms with Crippen LogP contribution in [-0.2, 0) is 19.3 Å². The maximum Gasteiger partial charge on any atom is 0.434 e. The smallest absolute Gasteiger partial charge is 0.330 e. The summed E-state index contributed by atoms with van der Waals surface area (Å²) in [6, 6.07) is 1.97. The fourth-order valence-electron chi connectivity index (χ4n) is 1.95. The molecular formula is C13H12F5N3. The van der Waals surface area contributed by atoms with Crippen molar-refractivity contribution in [1.29, 1.82) is 0 Å². The van der Waals surface area contributed by atoms with Gasteiger partial charge in [-0.15, -0.1) is 0 Å². The minimum atomic E-state index is -4.68. The number of aromatic nitrogens is 2. The third-order valence-corrected chi connectivity index (χ3v) is 2.97. The van der Waals surface area contributed by atoms with Crippen LogP contribution in [0.1, 0.15) is 18.2 Å². The quantitative estimate of drug-likeness (QED) is 0.884. The maximum atomic E-state index is 14.0. The third-order valence-electron chi connectivity index (χ3n) is 2.97. The highest BCUT2D eigenvalue weighted by atomic mass is 19.4. The maximum absolute atomic E-state index is 14.0. The number of halogens is 5. The van der Waals surface area contributed by atoms with Crippen molar-refractivity contribution in [2.24, 2.45) is 5.73 Å². The predicted octanol–water partition coefficient (Wildman–Crippen LogP) is 3.33. The molecule has 0 aliphatic rings. The van der Waals surface area contributed by atoms with E-state index >= 15 is 0 Å². The van der Waals surface area contributed by atoms with Crippen molar-refractivity contribution in [3.63, 3.8) is 0 Å². The molecule has 0 atom stereocenters. The molecule has 1 aromatic heterocycles. The predicted molar refractivity (Wildman–Crippen MR) is 66.1 cm³/mol. The van der Waals surface area contributed by atoms with E-state index in [0.717, 1.165) is 22.9 Å².